The SMILES string of the molecule is CCCNC1(C(N)=O)CCN(C(C)c2ccccc2)C(c2c(C)cccc2C)C1. The van der Waals surface area contributed by atoms with E-state index in [9.17, 15) is 4.79 Å². The fourth-order valence-corrected chi connectivity index (χ4v) is 4.87. The maximum Gasteiger partial charge on any atom is 0.237 e. The van der Waals surface area contributed by atoms with E-state index in [4.69, 9.17) is 5.73 Å². The molecule has 0 spiro atoms. The Kier molecular flexibility index (Phi) is 6.76. The summed E-state index contributed by atoms with van der Waals surface area (Å²) in [5.74, 6) is -0.228. The Balaban J connectivity index is 2.04. The number of amides is 1. The molecule has 4 nitrogen and oxygen atoms in total. The van der Waals surface area contributed by atoms with Crippen LogP contribution in [0.3, 0.4) is 0 Å². The van der Waals surface area contributed by atoms with Crippen molar-refractivity contribution in [1.82, 2.24) is 10.2 Å². The lowest BCUT2D eigenvalue weighted by Gasteiger charge is -2.48. The predicted octanol–water partition coefficient (Wildman–Crippen LogP) is 4.43. The van der Waals surface area contributed by atoms with Crippen molar-refractivity contribution in [3.05, 3.63) is 70.8 Å². The average Bonchev–Trinajstić information content (AvgIpc) is 2.72. The van der Waals surface area contributed by atoms with Crippen LogP contribution >= 0.6 is 0 Å². The zero-order valence-corrected chi connectivity index (χ0v) is 18.2. The van der Waals surface area contributed by atoms with Gasteiger partial charge in [0.2, 0.25) is 5.91 Å². The fraction of sp³-hybridized carbons (Fsp3) is 0.480. The number of nitrogens with one attached hydrogen (secondary N) is 1. The van der Waals surface area contributed by atoms with Gasteiger partial charge in [-0.25, -0.2) is 0 Å². The van der Waals surface area contributed by atoms with Crippen LogP contribution in [0.5, 0.6) is 0 Å². The summed E-state index contributed by atoms with van der Waals surface area (Å²) in [6.07, 6.45) is 2.42. The monoisotopic (exact) mass is 393 g/mol. The lowest BCUT2D eigenvalue weighted by atomic mass is 9.77. The van der Waals surface area contributed by atoms with E-state index in [1.54, 1.807) is 0 Å². The first kappa shape index (κ1) is 21.5. The van der Waals surface area contributed by atoms with E-state index in [1.165, 1.54) is 22.3 Å². The van der Waals surface area contributed by atoms with Crippen LogP contribution in [0.4, 0.5) is 0 Å². The minimum atomic E-state index is -0.650. The summed E-state index contributed by atoms with van der Waals surface area (Å²) in [6.45, 7) is 10.4. The van der Waals surface area contributed by atoms with Crippen molar-refractivity contribution < 1.29 is 4.79 Å². The number of aryl methyl sites for hydroxylation is 2. The first-order chi connectivity index (χ1) is 13.9. The Bertz CT molecular complexity index is 815. The number of piperidine rings is 1. The van der Waals surface area contributed by atoms with Gasteiger partial charge in [-0.2, -0.15) is 0 Å². The summed E-state index contributed by atoms with van der Waals surface area (Å²) >= 11 is 0. The molecule has 1 fully saturated rings. The van der Waals surface area contributed by atoms with Gasteiger partial charge in [-0.1, -0.05) is 55.5 Å². The molecule has 3 unspecified atom stereocenters. The van der Waals surface area contributed by atoms with Gasteiger partial charge in [-0.15, -0.1) is 0 Å². The van der Waals surface area contributed by atoms with Crippen LogP contribution in [-0.4, -0.2) is 29.4 Å². The van der Waals surface area contributed by atoms with Crippen LogP contribution in [0.15, 0.2) is 48.5 Å². The predicted molar refractivity (Wildman–Crippen MR) is 120 cm³/mol. The molecule has 29 heavy (non-hydrogen) atoms. The maximum absolute atomic E-state index is 12.6. The van der Waals surface area contributed by atoms with Crippen molar-refractivity contribution in [2.45, 2.75) is 64.6 Å². The molecule has 3 rings (SSSR count). The number of carbonyl (C=O) groups excluding carboxylic acids is 1. The third-order valence-electron chi connectivity index (χ3n) is 6.58. The van der Waals surface area contributed by atoms with Gasteiger partial charge in [0.1, 0.15) is 5.54 Å². The fourth-order valence-electron chi connectivity index (χ4n) is 4.87. The summed E-state index contributed by atoms with van der Waals surface area (Å²) in [4.78, 5) is 15.2. The molecule has 2 aromatic carbocycles. The van der Waals surface area contributed by atoms with Gasteiger partial charge < -0.3 is 11.1 Å². The van der Waals surface area contributed by atoms with Gasteiger partial charge >= 0.3 is 0 Å². The molecule has 1 saturated heterocycles. The van der Waals surface area contributed by atoms with Crippen LogP contribution in [0.25, 0.3) is 0 Å². The Morgan fingerprint density at radius 1 is 1.17 bits per heavy atom. The maximum atomic E-state index is 12.6. The molecule has 0 bridgehead atoms. The molecule has 1 aliphatic rings. The second-order valence-corrected chi connectivity index (χ2v) is 8.47. The number of likely N-dealkylation sites (tertiary alicyclic amines) is 1. The minimum Gasteiger partial charge on any atom is -0.368 e. The molecule has 0 aromatic heterocycles. The Morgan fingerprint density at radius 3 is 2.41 bits per heavy atom. The number of primary amides is 1. The first-order valence-corrected chi connectivity index (χ1v) is 10.8. The van der Waals surface area contributed by atoms with Crippen molar-refractivity contribution in [3.63, 3.8) is 0 Å². The van der Waals surface area contributed by atoms with Gasteiger partial charge in [-0.3, -0.25) is 9.69 Å². The molecule has 156 valence electrons. The number of rotatable bonds is 7. The van der Waals surface area contributed by atoms with Crippen LogP contribution in [-0.2, 0) is 4.79 Å². The third-order valence-corrected chi connectivity index (χ3v) is 6.58. The van der Waals surface area contributed by atoms with Gasteiger partial charge in [0.05, 0.1) is 0 Å². The van der Waals surface area contributed by atoms with Gasteiger partial charge in [0.15, 0.2) is 0 Å². The topological polar surface area (TPSA) is 58.4 Å². The highest BCUT2D eigenvalue weighted by Crippen LogP contribution is 2.43. The van der Waals surface area contributed by atoms with Crippen molar-refractivity contribution in [3.8, 4) is 0 Å². The Labute approximate surface area is 175 Å². The van der Waals surface area contributed by atoms with E-state index >= 15 is 0 Å². The summed E-state index contributed by atoms with van der Waals surface area (Å²) in [5, 5.41) is 3.52. The largest absolute Gasteiger partial charge is 0.368 e. The number of carbonyl (C=O) groups is 1. The summed E-state index contributed by atoms with van der Waals surface area (Å²) < 4.78 is 0. The second kappa shape index (κ2) is 9.10. The van der Waals surface area contributed by atoms with E-state index in [2.05, 4.69) is 86.4 Å². The normalized spacial score (nSPS) is 23.7. The molecule has 1 heterocycles. The first-order valence-electron chi connectivity index (χ1n) is 10.8. The molecule has 3 N–H and O–H groups in total. The molecule has 0 aliphatic carbocycles. The molecular weight excluding hydrogens is 358 g/mol. The highest BCUT2D eigenvalue weighted by atomic mass is 16.1. The van der Waals surface area contributed by atoms with E-state index in [1.807, 2.05) is 0 Å². The Morgan fingerprint density at radius 2 is 1.83 bits per heavy atom. The van der Waals surface area contributed by atoms with E-state index < -0.39 is 5.54 Å². The standard InChI is InChI=1S/C25H35N3O/c1-5-15-27-25(24(26)29)14-16-28(20(4)21-12-7-6-8-13-21)22(17-25)23-18(2)10-9-11-19(23)3/h6-13,20,22,27H,5,14-17H2,1-4H3,(H2,26,29). The second-order valence-electron chi connectivity index (χ2n) is 8.47. The molecule has 0 radical (unpaired) electrons. The number of nitrogens with zero attached hydrogens (tertiary/aromatic N) is 1. The van der Waals surface area contributed by atoms with Crippen molar-refractivity contribution in [2.24, 2.45) is 5.73 Å². The van der Waals surface area contributed by atoms with Gasteiger partial charge in [0.25, 0.3) is 0 Å². The molecule has 3 atom stereocenters. The van der Waals surface area contributed by atoms with E-state index in [0.29, 0.717) is 6.42 Å². The van der Waals surface area contributed by atoms with Crippen molar-refractivity contribution in [2.75, 3.05) is 13.1 Å². The van der Waals surface area contributed by atoms with Crippen molar-refractivity contribution in [1.29, 1.82) is 0 Å². The van der Waals surface area contributed by atoms with Crippen LogP contribution < -0.4 is 11.1 Å². The minimum absolute atomic E-state index is 0.136. The number of hydrogen-bond donors (Lipinski definition) is 2. The Hall–Kier alpha value is -2.17. The zero-order chi connectivity index (χ0) is 21.0. The highest BCUT2D eigenvalue weighted by Gasteiger charge is 2.46. The highest BCUT2D eigenvalue weighted by molar-refractivity contribution is 5.85. The molecule has 0 saturated carbocycles. The van der Waals surface area contributed by atoms with E-state index in [0.717, 1.165) is 25.9 Å². The molecule has 1 amide bonds. The number of benzene rings is 2. The third kappa shape index (κ3) is 4.39. The quantitative estimate of drug-likeness (QED) is 0.732. The molecular formula is C25H35N3O. The molecule has 2 aromatic rings. The number of nitrogens with two attached hydrogens (primary N) is 1. The zero-order valence-electron chi connectivity index (χ0n) is 18.2. The summed E-state index contributed by atoms with van der Waals surface area (Å²) in [7, 11) is 0. The van der Waals surface area contributed by atoms with Crippen LogP contribution in [0.2, 0.25) is 0 Å². The summed E-state index contributed by atoms with van der Waals surface area (Å²) in [6, 6.07) is 17.5. The van der Waals surface area contributed by atoms with Gasteiger partial charge in [0, 0.05) is 18.6 Å². The average molecular weight is 394 g/mol. The van der Waals surface area contributed by atoms with Crippen molar-refractivity contribution >= 4 is 5.91 Å². The smallest absolute Gasteiger partial charge is 0.237 e. The van der Waals surface area contributed by atoms with Gasteiger partial charge in [-0.05, 0) is 68.8 Å². The number of hydrogen-bond acceptors (Lipinski definition) is 3. The molecule has 4 heteroatoms. The lowest BCUT2D eigenvalue weighted by molar-refractivity contribution is -0.128. The van der Waals surface area contributed by atoms with Crippen LogP contribution in [0, 0.1) is 13.8 Å². The lowest BCUT2D eigenvalue weighted by Crippen LogP contribution is -2.61. The summed E-state index contributed by atoms with van der Waals surface area (Å²) in [5.41, 5.74) is 10.5. The van der Waals surface area contributed by atoms with E-state index in [-0.39, 0.29) is 18.0 Å². The van der Waals surface area contributed by atoms with Crippen LogP contribution in [0.1, 0.15) is 67.4 Å². The molecule has 1 aliphatic heterocycles.